The van der Waals surface area contributed by atoms with Crippen molar-refractivity contribution in [3.8, 4) is 0 Å². The summed E-state index contributed by atoms with van der Waals surface area (Å²) in [5, 5.41) is 7.33. The fourth-order valence-electron chi connectivity index (χ4n) is 5.62. The molecule has 0 spiro atoms. The number of esters is 2. The van der Waals surface area contributed by atoms with E-state index < -0.39 is 17.4 Å². The second-order valence-electron chi connectivity index (χ2n) is 10.0. The molecular weight excluding hydrogens is 488 g/mol. The van der Waals surface area contributed by atoms with Crippen molar-refractivity contribution in [1.29, 1.82) is 0 Å². The summed E-state index contributed by atoms with van der Waals surface area (Å²) in [4.78, 5) is 26.4. The van der Waals surface area contributed by atoms with Crippen molar-refractivity contribution in [3.05, 3.63) is 113 Å². The molecule has 3 aromatic rings. The lowest BCUT2D eigenvalue weighted by molar-refractivity contribution is -0.168. The Balaban J connectivity index is 1.53. The van der Waals surface area contributed by atoms with Crippen molar-refractivity contribution in [2.75, 3.05) is 13.2 Å². The highest BCUT2D eigenvalue weighted by Gasteiger charge is 2.54. The molecule has 0 heterocycles. The van der Waals surface area contributed by atoms with Gasteiger partial charge in [-0.25, -0.2) is 0 Å². The van der Waals surface area contributed by atoms with Crippen molar-refractivity contribution < 1.29 is 19.1 Å². The van der Waals surface area contributed by atoms with Crippen LogP contribution in [0.15, 0.2) is 96.1 Å². The zero-order chi connectivity index (χ0) is 27.2. The Bertz CT molecular complexity index is 1320. The van der Waals surface area contributed by atoms with Gasteiger partial charge in [-0.1, -0.05) is 91.0 Å². The van der Waals surface area contributed by atoms with Crippen molar-refractivity contribution >= 4 is 23.2 Å². The van der Waals surface area contributed by atoms with Crippen molar-refractivity contribution in [2.24, 2.45) is 16.4 Å². The summed E-state index contributed by atoms with van der Waals surface area (Å²) in [7, 11) is 0. The van der Waals surface area contributed by atoms with E-state index in [2.05, 4.69) is 35.3 Å². The summed E-state index contributed by atoms with van der Waals surface area (Å²) in [6.07, 6.45) is 2.73. The maximum Gasteiger partial charge on any atom is 0.327 e. The van der Waals surface area contributed by atoms with Crippen LogP contribution in [0, 0.1) is 11.3 Å². The van der Waals surface area contributed by atoms with Crippen LogP contribution in [0.25, 0.3) is 5.57 Å². The van der Waals surface area contributed by atoms with Crippen molar-refractivity contribution in [1.82, 2.24) is 5.01 Å². The van der Waals surface area contributed by atoms with E-state index in [1.165, 1.54) is 11.1 Å². The maximum absolute atomic E-state index is 13.2. The summed E-state index contributed by atoms with van der Waals surface area (Å²) >= 11 is 0. The van der Waals surface area contributed by atoms with Crippen LogP contribution >= 0.6 is 0 Å². The van der Waals surface area contributed by atoms with Crippen LogP contribution < -0.4 is 0 Å². The number of allylic oxidation sites excluding steroid dienone is 1. The molecule has 200 valence electrons. The molecule has 0 bridgehead atoms. The van der Waals surface area contributed by atoms with Gasteiger partial charge >= 0.3 is 11.9 Å². The molecule has 6 nitrogen and oxygen atoms in total. The summed E-state index contributed by atoms with van der Waals surface area (Å²) in [6, 6.07) is 28.7. The highest BCUT2D eigenvalue weighted by atomic mass is 16.6. The number of nitrogens with zero attached hydrogens (tertiary/aromatic N) is 2. The van der Waals surface area contributed by atoms with E-state index >= 15 is 0 Å². The summed E-state index contributed by atoms with van der Waals surface area (Å²) in [5.74, 6) is -1.14. The molecule has 0 N–H and O–H groups in total. The fraction of sp³-hybridized carbons (Fsp3) is 0.303. The predicted octanol–water partition coefficient (Wildman–Crippen LogP) is 6.01. The van der Waals surface area contributed by atoms with Crippen LogP contribution in [0.2, 0.25) is 0 Å². The Kier molecular flexibility index (Phi) is 7.92. The van der Waals surface area contributed by atoms with Gasteiger partial charge in [0, 0.05) is 5.56 Å². The van der Waals surface area contributed by atoms with E-state index in [-0.39, 0.29) is 19.1 Å². The third-order valence-corrected chi connectivity index (χ3v) is 7.36. The quantitative estimate of drug-likeness (QED) is 0.196. The number of ether oxygens (including phenoxy) is 2. The highest BCUT2D eigenvalue weighted by Crippen LogP contribution is 2.51. The number of carbonyl (C=O) groups is 2. The largest absolute Gasteiger partial charge is 0.465 e. The third kappa shape index (κ3) is 5.51. The minimum absolute atomic E-state index is 0.0530. The molecule has 2 aliphatic carbocycles. The number of hydrogen-bond acceptors (Lipinski definition) is 6. The predicted molar refractivity (Wildman–Crippen MR) is 152 cm³/mol. The molecule has 0 fully saturated rings. The molecule has 0 radical (unpaired) electrons. The van der Waals surface area contributed by atoms with Gasteiger partial charge in [0.2, 0.25) is 0 Å². The molecular formula is C33H34N2O4. The average molecular weight is 523 g/mol. The number of fused-ring (bicyclic) bond motifs is 3. The summed E-state index contributed by atoms with van der Waals surface area (Å²) in [6.45, 7) is 5.21. The van der Waals surface area contributed by atoms with Crippen molar-refractivity contribution in [3.63, 3.8) is 0 Å². The first-order valence-electron chi connectivity index (χ1n) is 13.6. The number of benzene rings is 3. The van der Waals surface area contributed by atoms with Gasteiger partial charge in [-0.15, -0.1) is 0 Å². The van der Waals surface area contributed by atoms with E-state index in [0.717, 1.165) is 22.4 Å². The maximum atomic E-state index is 13.2. The summed E-state index contributed by atoms with van der Waals surface area (Å²) in [5.41, 5.74) is 4.87. The van der Waals surface area contributed by atoms with E-state index in [4.69, 9.17) is 14.6 Å². The molecule has 0 aliphatic heterocycles. The van der Waals surface area contributed by atoms with Crippen molar-refractivity contribution in [2.45, 2.75) is 39.8 Å². The SMILES string of the molecule is CCOC(=O)C1(C(=O)OCC)C=C2c3ccccc3/C(=N/N(Cc3ccccc3)Cc3ccccc3)CC2C1. The molecule has 3 aromatic carbocycles. The molecule has 5 rings (SSSR count). The Morgan fingerprint density at radius 1 is 0.795 bits per heavy atom. The molecule has 1 unspecified atom stereocenters. The first kappa shape index (κ1) is 26.4. The van der Waals surface area contributed by atoms with Crippen LogP contribution in [0.4, 0.5) is 0 Å². The topological polar surface area (TPSA) is 68.2 Å². The lowest BCUT2D eigenvalue weighted by atomic mass is 9.78. The van der Waals surface area contributed by atoms with Gasteiger partial charge in [-0.05, 0) is 54.9 Å². The van der Waals surface area contributed by atoms with Crippen LogP contribution in [0.5, 0.6) is 0 Å². The molecule has 0 saturated carbocycles. The lowest BCUT2D eigenvalue weighted by Gasteiger charge is -2.29. The van der Waals surface area contributed by atoms with Crippen LogP contribution in [-0.2, 0) is 32.2 Å². The standard InChI is InChI=1S/C33H34N2O4/c1-3-38-31(36)33(32(37)39-4-2)20-26-19-30(28-18-12-11-17-27(28)29(26)21-33)34-35(22-24-13-7-5-8-14-24)23-25-15-9-6-10-16-25/h5-18,21,26H,3-4,19-20,22-23H2,1-2H3/b34-30+. The number of rotatable bonds is 9. The third-order valence-electron chi connectivity index (χ3n) is 7.36. The smallest absolute Gasteiger partial charge is 0.327 e. The normalized spacial score (nSPS) is 18.1. The number of hydrogen-bond donors (Lipinski definition) is 0. The van der Waals surface area contributed by atoms with Gasteiger partial charge in [0.25, 0.3) is 0 Å². The first-order valence-corrected chi connectivity index (χ1v) is 13.6. The molecule has 0 aromatic heterocycles. The summed E-state index contributed by atoms with van der Waals surface area (Å²) < 4.78 is 10.8. The molecule has 0 saturated heterocycles. The molecule has 2 aliphatic rings. The number of hydrazone groups is 1. The first-order chi connectivity index (χ1) is 19.0. The Labute approximate surface area is 229 Å². The minimum atomic E-state index is -1.44. The molecule has 6 heteroatoms. The zero-order valence-electron chi connectivity index (χ0n) is 22.5. The monoisotopic (exact) mass is 522 g/mol. The molecule has 0 amide bonds. The van der Waals surface area contributed by atoms with Gasteiger partial charge in [0.1, 0.15) is 0 Å². The van der Waals surface area contributed by atoms with Crippen LogP contribution in [0.3, 0.4) is 0 Å². The van der Waals surface area contributed by atoms with E-state index in [1.54, 1.807) is 19.9 Å². The second kappa shape index (κ2) is 11.7. The van der Waals surface area contributed by atoms with E-state index in [1.807, 2.05) is 54.6 Å². The Morgan fingerprint density at radius 3 is 1.85 bits per heavy atom. The molecule has 1 atom stereocenters. The number of carbonyl (C=O) groups excluding carboxylic acids is 2. The highest BCUT2D eigenvalue weighted by molar-refractivity contribution is 6.11. The Morgan fingerprint density at radius 2 is 1.31 bits per heavy atom. The van der Waals surface area contributed by atoms with Gasteiger partial charge in [-0.3, -0.25) is 14.6 Å². The Hall–Kier alpha value is -4.19. The van der Waals surface area contributed by atoms with Gasteiger partial charge in [-0.2, -0.15) is 5.10 Å². The molecule has 39 heavy (non-hydrogen) atoms. The lowest BCUT2D eigenvalue weighted by Crippen LogP contribution is -2.40. The van der Waals surface area contributed by atoms with Crippen LogP contribution in [-0.4, -0.2) is 35.9 Å². The zero-order valence-corrected chi connectivity index (χ0v) is 22.5. The fourth-order valence-corrected chi connectivity index (χ4v) is 5.62. The van der Waals surface area contributed by atoms with Gasteiger partial charge in [0.15, 0.2) is 5.41 Å². The minimum Gasteiger partial charge on any atom is -0.465 e. The van der Waals surface area contributed by atoms with Gasteiger partial charge < -0.3 is 9.47 Å². The average Bonchev–Trinajstić information content (AvgIpc) is 3.36. The van der Waals surface area contributed by atoms with E-state index in [9.17, 15) is 9.59 Å². The van der Waals surface area contributed by atoms with Crippen LogP contribution in [0.1, 0.15) is 48.9 Å². The second-order valence-corrected chi connectivity index (χ2v) is 10.0. The van der Waals surface area contributed by atoms with E-state index in [0.29, 0.717) is 25.9 Å². The van der Waals surface area contributed by atoms with Gasteiger partial charge in [0.05, 0.1) is 32.0 Å².